The van der Waals surface area contributed by atoms with Gasteiger partial charge >= 0.3 is 0 Å². The second kappa shape index (κ2) is 6.57. The van der Waals surface area contributed by atoms with Gasteiger partial charge in [-0.05, 0) is 31.9 Å². The van der Waals surface area contributed by atoms with E-state index >= 15 is 0 Å². The van der Waals surface area contributed by atoms with Crippen molar-refractivity contribution >= 4 is 5.91 Å². The van der Waals surface area contributed by atoms with Crippen LogP contribution in [0.4, 0.5) is 0 Å². The van der Waals surface area contributed by atoms with Gasteiger partial charge in [0, 0.05) is 19.1 Å². The van der Waals surface area contributed by atoms with E-state index in [0.717, 1.165) is 31.7 Å². The first kappa shape index (κ1) is 13.9. The van der Waals surface area contributed by atoms with Crippen LogP contribution in [0.25, 0.3) is 0 Å². The number of amides is 1. The summed E-state index contributed by atoms with van der Waals surface area (Å²) >= 11 is 0. The number of benzene rings is 1. The molecule has 0 aliphatic carbocycles. The summed E-state index contributed by atoms with van der Waals surface area (Å²) in [6, 6.07) is 10.3. The zero-order chi connectivity index (χ0) is 13.7. The Bertz CT molecular complexity index is 408. The van der Waals surface area contributed by atoms with Crippen molar-refractivity contribution in [2.45, 2.75) is 25.8 Å². The first-order valence-electron chi connectivity index (χ1n) is 6.88. The van der Waals surface area contributed by atoms with Crippen LogP contribution in [0.5, 0.6) is 5.75 Å². The minimum absolute atomic E-state index is 0.00655. The van der Waals surface area contributed by atoms with Gasteiger partial charge in [0.2, 0.25) is 5.91 Å². The summed E-state index contributed by atoms with van der Waals surface area (Å²) in [7, 11) is 0. The van der Waals surface area contributed by atoms with Gasteiger partial charge in [-0.2, -0.15) is 0 Å². The molecule has 1 aliphatic heterocycles. The molecule has 1 saturated heterocycles. The Hall–Kier alpha value is -1.55. The molecule has 0 radical (unpaired) electrons. The van der Waals surface area contributed by atoms with Crippen molar-refractivity contribution in [3.8, 4) is 5.75 Å². The minimum atomic E-state index is -0.180. The number of nitrogens with zero attached hydrogens (tertiary/aromatic N) is 1. The SMILES string of the molecule is C[C@@H]1CC[C@H](C(N)=O)CN1CCOc1ccccc1. The Balaban J connectivity index is 1.79. The molecular weight excluding hydrogens is 240 g/mol. The van der Waals surface area contributed by atoms with Crippen LogP contribution >= 0.6 is 0 Å². The number of nitrogens with two attached hydrogens (primary N) is 1. The second-order valence-electron chi connectivity index (χ2n) is 5.18. The van der Waals surface area contributed by atoms with E-state index in [1.165, 1.54) is 0 Å². The van der Waals surface area contributed by atoms with Crippen molar-refractivity contribution < 1.29 is 9.53 Å². The molecule has 0 aromatic heterocycles. The quantitative estimate of drug-likeness (QED) is 0.878. The van der Waals surface area contributed by atoms with E-state index in [9.17, 15) is 4.79 Å². The Morgan fingerprint density at radius 3 is 2.79 bits per heavy atom. The lowest BCUT2D eigenvalue weighted by Crippen LogP contribution is -2.47. The van der Waals surface area contributed by atoms with Gasteiger partial charge < -0.3 is 10.5 Å². The maximum absolute atomic E-state index is 11.3. The Labute approximate surface area is 114 Å². The van der Waals surface area contributed by atoms with Crippen LogP contribution in [0, 0.1) is 5.92 Å². The lowest BCUT2D eigenvalue weighted by atomic mass is 9.93. The summed E-state index contributed by atoms with van der Waals surface area (Å²) in [5.41, 5.74) is 5.40. The summed E-state index contributed by atoms with van der Waals surface area (Å²) in [4.78, 5) is 13.6. The van der Waals surface area contributed by atoms with Crippen LogP contribution < -0.4 is 10.5 Å². The third-order valence-electron chi connectivity index (χ3n) is 3.80. The van der Waals surface area contributed by atoms with Crippen molar-refractivity contribution in [2.24, 2.45) is 11.7 Å². The molecule has 0 spiro atoms. The normalized spacial score (nSPS) is 24.1. The van der Waals surface area contributed by atoms with Gasteiger partial charge in [0.05, 0.1) is 5.92 Å². The van der Waals surface area contributed by atoms with Crippen molar-refractivity contribution in [3.05, 3.63) is 30.3 Å². The first-order valence-corrected chi connectivity index (χ1v) is 6.88. The minimum Gasteiger partial charge on any atom is -0.492 e. The number of carbonyl (C=O) groups excluding carboxylic acids is 1. The van der Waals surface area contributed by atoms with Gasteiger partial charge in [-0.1, -0.05) is 18.2 Å². The largest absolute Gasteiger partial charge is 0.492 e. The molecule has 0 unspecified atom stereocenters. The topological polar surface area (TPSA) is 55.6 Å². The lowest BCUT2D eigenvalue weighted by molar-refractivity contribution is -0.124. The second-order valence-corrected chi connectivity index (χ2v) is 5.18. The number of likely N-dealkylation sites (tertiary alicyclic amines) is 1. The number of hydrogen-bond acceptors (Lipinski definition) is 3. The van der Waals surface area contributed by atoms with Gasteiger partial charge in [0.25, 0.3) is 0 Å². The van der Waals surface area contributed by atoms with Crippen molar-refractivity contribution in [1.29, 1.82) is 0 Å². The molecule has 1 aliphatic rings. The molecule has 4 heteroatoms. The van der Waals surface area contributed by atoms with Crippen molar-refractivity contribution in [1.82, 2.24) is 4.90 Å². The Morgan fingerprint density at radius 1 is 1.37 bits per heavy atom. The molecule has 1 fully saturated rings. The molecule has 2 rings (SSSR count). The predicted octanol–water partition coefficient (Wildman–Crippen LogP) is 1.65. The number of hydrogen-bond donors (Lipinski definition) is 1. The molecule has 104 valence electrons. The van der Waals surface area contributed by atoms with E-state index in [4.69, 9.17) is 10.5 Å². The van der Waals surface area contributed by atoms with Crippen molar-refractivity contribution in [3.63, 3.8) is 0 Å². The summed E-state index contributed by atoms with van der Waals surface area (Å²) in [6.07, 6.45) is 1.94. The van der Waals surface area contributed by atoms with Crippen LogP contribution in [0.1, 0.15) is 19.8 Å². The smallest absolute Gasteiger partial charge is 0.221 e. The fraction of sp³-hybridized carbons (Fsp3) is 0.533. The Kier molecular flexibility index (Phi) is 4.80. The molecule has 2 atom stereocenters. The number of rotatable bonds is 5. The van der Waals surface area contributed by atoms with Crippen LogP contribution in [0.2, 0.25) is 0 Å². The van der Waals surface area contributed by atoms with Crippen LogP contribution in [0.3, 0.4) is 0 Å². The number of piperidine rings is 1. The van der Waals surface area contributed by atoms with Gasteiger partial charge in [0.1, 0.15) is 12.4 Å². The maximum Gasteiger partial charge on any atom is 0.221 e. The highest BCUT2D eigenvalue weighted by Crippen LogP contribution is 2.21. The molecule has 0 saturated carbocycles. The molecule has 2 N–H and O–H groups in total. The summed E-state index contributed by atoms with van der Waals surface area (Å²) in [5.74, 6) is 0.701. The molecule has 19 heavy (non-hydrogen) atoms. The lowest BCUT2D eigenvalue weighted by Gasteiger charge is -2.36. The van der Waals surface area contributed by atoms with Gasteiger partial charge in [0.15, 0.2) is 0 Å². The highest BCUT2D eigenvalue weighted by Gasteiger charge is 2.28. The van der Waals surface area contributed by atoms with E-state index in [1.807, 2.05) is 30.3 Å². The number of ether oxygens (including phenoxy) is 1. The third-order valence-corrected chi connectivity index (χ3v) is 3.80. The summed E-state index contributed by atoms with van der Waals surface area (Å²) in [6.45, 7) is 4.42. The third kappa shape index (κ3) is 3.96. The zero-order valence-electron chi connectivity index (χ0n) is 11.4. The molecule has 1 amide bonds. The molecule has 4 nitrogen and oxygen atoms in total. The predicted molar refractivity (Wildman–Crippen MR) is 74.9 cm³/mol. The van der Waals surface area contributed by atoms with E-state index in [0.29, 0.717) is 12.6 Å². The Morgan fingerprint density at radius 2 is 2.11 bits per heavy atom. The number of primary amides is 1. The fourth-order valence-corrected chi connectivity index (χ4v) is 2.52. The number of carbonyl (C=O) groups is 1. The van der Waals surface area contributed by atoms with Gasteiger partial charge in [-0.3, -0.25) is 9.69 Å². The van der Waals surface area contributed by atoms with E-state index < -0.39 is 0 Å². The molecule has 0 bridgehead atoms. The average molecular weight is 262 g/mol. The molecule has 1 aromatic carbocycles. The zero-order valence-corrected chi connectivity index (χ0v) is 11.4. The first-order chi connectivity index (χ1) is 9.16. The highest BCUT2D eigenvalue weighted by molar-refractivity contribution is 5.76. The fourth-order valence-electron chi connectivity index (χ4n) is 2.52. The molecule has 1 aromatic rings. The van der Waals surface area contributed by atoms with Gasteiger partial charge in [-0.25, -0.2) is 0 Å². The van der Waals surface area contributed by atoms with Crippen LogP contribution in [-0.4, -0.2) is 36.5 Å². The number of para-hydroxylation sites is 1. The van der Waals surface area contributed by atoms with Crippen LogP contribution in [0.15, 0.2) is 30.3 Å². The molecular formula is C15H22N2O2. The van der Waals surface area contributed by atoms with E-state index in [-0.39, 0.29) is 11.8 Å². The van der Waals surface area contributed by atoms with E-state index in [1.54, 1.807) is 0 Å². The van der Waals surface area contributed by atoms with Crippen molar-refractivity contribution in [2.75, 3.05) is 19.7 Å². The summed E-state index contributed by atoms with van der Waals surface area (Å²) in [5, 5.41) is 0. The van der Waals surface area contributed by atoms with Gasteiger partial charge in [-0.15, -0.1) is 0 Å². The molecule has 1 heterocycles. The maximum atomic E-state index is 11.3. The monoisotopic (exact) mass is 262 g/mol. The summed E-state index contributed by atoms with van der Waals surface area (Å²) < 4.78 is 5.69. The average Bonchev–Trinajstić information content (AvgIpc) is 2.42. The van der Waals surface area contributed by atoms with E-state index in [2.05, 4.69) is 11.8 Å². The standard InChI is InChI=1S/C15H22N2O2/c1-12-7-8-13(15(16)18)11-17(12)9-10-19-14-5-3-2-4-6-14/h2-6,12-13H,7-11H2,1H3,(H2,16,18)/t12-,13+/m1/s1. The highest BCUT2D eigenvalue weighted by atomic mass is 16.5. The van der Waals surface area contributed by atoms with Crippen LogP contribution in [-0.2, 0) is 4.79 Å².